The Kier molecular flexibility index (Phi) is 4.99. The zero-order chi connectivity index (χ0) is 6.69. The lowest BCUT2D eigenvalue weighted by Gasteiger charge is -2.06. The predicted octanol–water partition coefficient (Wildman–Crippen LogP) is 0.125. The van der Waals surface area contributed by atoms with E-state index in [9.17, 15) is 0 Å². The van der Waals surface area contributed by atoms with Crippen LogP contribution >= 0.6 is 12.4 Å². The number of aliphatic hydroxyl groups excluding tert-OH is 1. The van der Waals surface area contributed by atoms with Crippen molar-refractivity contribution < 1.29 is 9.84 Å². The van der Waals surface area contributed by atoms with Crippen molar-refractivity contribution in [2.24, 2.45) is 0 Å². The average molecular weight is 168 g/mol. The van der Waals surface area contributed by atoms with Gasteiger partial charge in [0.2, 0.25) is 0 Å². The first-order chi connectivity index (χ1) is 4.33. The Morgan fingerprint density at radius 3 is 2.80 bits per heavy atom. The lowest BCUT2D eigenvalue weighted by molar-refractivity contribution is 0.0767. The molecule has 0 saturated carbocycles. The molecule has 0 radical (unpaired) electrons. The van der Waals surface area contributed by atoms with Gasteiger partial charge in [-0.25, -0.2) is 0 Å². The number of hydrogen-bond donors (Lipinski definition) is 2. The molecule has 0 bridgehead atoms. The lowest BCUT2D eigenvalue weighted by Crippen LogP contribution is -2.28. The van der Waals surface area contributed by atoms with Crippen molar-refractivity contribution in [1.29, 1.82) is 0 Å². The van der Waals surface area contributed by atoms with Crippen LogP contribution in [0.2, 0.25) is 0 Å². The fourth-order valence-corrected chi connectivity index (χ4v) is 0.958. The minimum absolute atomic E-state index is 0. The van der Waals surface area contributed by atoms with Gasteiger partial charge in [-0.15, -0.1) is 12.4 Å². The Morgan fingerprint density at radius 2 is 2.40 bits per heavy atom. The second-order valence-electron chi connectivity index (χ2n) is 2.40. The molecule has 2 N–H and O–H groups in total. The zero-order valence-corrected chi connectivity index (χ0v) is 6.86. The van der Waals surface area contributed by atoms with Gasteiger partial charge in [-0.1, -0.05) is 0 Å². The van der Waals surface area contributed by atoms with Crippen LogP contribution in [0.25, 0.3) is 0 Å². The van der Waals surface area contributed by atoms with Gasteiger partial charge in [0.05, 0.1) is 6.61 Å². The monoisotopic (exact) mass is 167 g/mol. The first-order valence-corrected chi connectivity index (χ1v) is 3.31. The number of ether oxygens (including phenoxy) is 1. The van der Waals surface area contributed by atoms with Gasteiger partial charge in [-0.3, -0.25) is 5.32 Å². The average Bonchev–Trinajstić information content (AvgIpc) is 2.17. The molecule has 10 heavy (non-hydrogen) atoms. The van der Waals surface area contributed by atoms with Crippen molar-refractivity contribution in [1.82, 2.24) is 5.32 Å². The van der Waals surface area contributed by atoms with Crippen molar-refractivity contribution in [3.8, 4) is 0 Å². The molecule has 62 valence electrons. The lowest BCUT2D eigenvalue weighted by atomic mass is 10.3. The second kappa shape index (κ2) is 4.91. The summed E-state index contributed by atoms with van der Waals surface area (Å²) < 4.78 is 5.23. The van der Waals surface area contributed by atoms with E-state index in [2.05, 4.69) is 12.2 Å². The highest BCUT2D eigenvalue weighted by Crippen LogP contribution is 2.04. The normalized spacial score (nSPS) is 31.8. The predicted molar refractivity (Wildman–Crippen MR) is 41.3 cm³/mol. The summed E-state index contributed by atoms with van der Waals surface area (Å²) in [7, 11) is 0. The van der Waals surface area contributed by atoms with E-state index in [1.807, 2.05) is 0 Å². The van der Waals surface area contributed by atoms with Crippen LogP contribution in [0.5, 0.6) is 0 Å². The smallest absolute Gasteiger partial charge is 0.110 e. The maximum absolute atomic E-state index is 8.49. The van der Waals surface area contributed by atoms with E-state index >= 15 is 0 Å². The molecule has 1 saturated heterocycles. The zero-order valence-electron chi connectivity index (χ0n) is 6.04. The van der Waals surface area contributed by atoms with E-state index in [-0.39, 0.29) is 25.2 Å². The maximum atomic E-state index is 8.49. The SMILES string of the molecule is CC1COC(CCO)N1.Cl. The van der Waals surface area contributed by atoms with E-state index in [0.717, 1.165) is 6.61 Å². The van der Waals surface area contributed by atoms with Crippen LogP contribution in [-0.4, -0.2) is 30.6 Å². The molecule has 0 amide bonds. The summed E-state index contributed by atoms with van der Waals surface area (Å²) >= 11 is 0. The molecule has 1 fully saturated rings. The largest absolute Gasteiger partial charge is 0.396 e. The Hall–Kier alpha value is 0.170. The Bertz CT molecular complexity index is 89.8. The van der Waals surface area contributed by atoms with E-state index in [1.165, 1.54) is 0 Å². The summed E-state index contributed by atoms with van der Waals surface area (Å²) in [5.41, 5.74) is 0. The topological polar surface area (TPSA) is 41.5 Å². The number of aliphatic hydroxyl groups is 1. The molecule has 0 spiro atoms. The van der Waals surface area contributed by atoms with Gasteiger partial charge in [0.1, 0.15) is 6.23 Å². The molecule has 2 unspecified atom stereocenters. The van der Waals surface area contributed by atoms with Crippen LogP contribution in [0.1, 0.15) is 13.3 Å². The second-order valence-corrected chi connectivity index (χ2v) is 2.40. The molecule has 1 rings (SSSR count). The summed E-state index contributed by atoms with van der Waals surface area (Å²) in [6.07, 6.45) is 0.787. The fourth-order valence-electron chi connectivity index (χ4n) is 0.958. The molecular weight excluding hydrogens is 154 g/mol. The van der Waals surface area contributed by atoms with Crippen LogP contribution in [-0.2, 0) is 4.74 Å². The molecule has 0 aliphatic carbocycles. The van der Waals surface area contributed by atoms with Gasteiger partial charge < -0.3 is 9.84 Å². The van der Waals surface area contributed by atoms with Crippen LogP contribution in [0.3, 0.4) is 0 Å². The molecule has 1 heterocycles. The Balaban J connectivity index is 0.000000810. The molecule has 3 nitrogen and oxygen atoms in total. The Morgan fingerprint density at radius 1 is 1.70 bits per heavy atom. The van der Waals surface area contributed by atoms with Crippen molar-refractivity contribution in [3.05, 3.63) is 0 Å². The van der Waals surface area contributed by atoms with E-state index in [4.69, 9.17) is 9.84 Å². The van der Waals surface area contributed by atoms with Gasteiger partial charge in [-0.05, 0) is 6.92 Å². The first-order valence-electron chi connectivity index (χ1n) is 3.31. The van der Waals surface area contributed by atoms with E-state index in [0.29, 0.717) is 12.5 Å². The third kappa shape index (κ3) is 2.84. The van der Waals surface area contributed by atoms with E-state index in [1.54, 1.807) is 0 Å². The third-order valence-electron chi connectivity index (χ3n) is 1.41. The van der Waals surface area contributed by atoms with Crippen molar-refractivity contribution in [3.63, 3.8) is 0 Å². The fraction of sp³-hybridized carbons (Fsp3) is 1.00. The van der Waals surface area contributed by atoms with Gasteiger partial charge in [0, 0.05) is 19.1 Å². The molecular formula is C6H14ClNO2. The first kappa shape index (κ1) is 10.2. The summed E-state index contributed by atoms with van der Waals surface area (Å²) in [5, 5.41) is 11.7. The van der Waals surface area contributed by atoms with E-state index < -0.39 is 0 Å². The summed E-state index contributed by atoms with van der Waals surface area (Å²) in [4.78, 5) is 0. The number of hydrogen-bond acceptors (Lipinski definition) is 3. The number of nitrogens with one attached hydrogen (secondary N) is 1. The molecule has 0 aromatic heterocycles. The molecule has 1 aliphatic rings. The van der Waals surface area contributed by atoms with Crippen LogP contribution in [0.15, 0.2) is 0 Å². The Labute approximate surface area is 67.2 Å². The highest BCUT2D eigenvalue weighted by molar-refractivity contribution is 5.85. The summed E-state index contributed by atoms with van der Waals surface area (Å²) in [6.45, 7) is 3.03. The molecule has 2 atom stereocenters. The highest BCUT2D eigenvalue weighted by Gasteiger charge is 2.19. The molecule has 1 aliphatic heterocycles. The standard InChI is InChI=1S/C6H13NO2.ClH/c1-5-4-9-6(7-5)2-3-8;/h5-8H,2-4H2,1H3;1H. The summed E-state index contributed by atoms with van der Waals surface area (Å²) in [6, 6.07) is 0.446. The third-order valence-corrected chi connectivity index (χ3v) is 1.41. The molecule has 0 aromatic rings. The number of halogens is 1. The quantitative estimate of drug-likeness (QED) is 0.614. The minimum atomic E-state index is 0. The van der Waals surface area contributed by atoms with Crippen LogP contribution < -0.4 is 5.32 Å². The van der Waals surface area contributed by atoms with Crippen molar-refractivity contribution in [2.75, 3.05) is 13.2 Å². The van der Waals surface area contributed by atoms with Gasteiger partial charge >= 0.3 is 0 Å². The van der Waals surface area contributed by atoms with Gasteiger partial charge in [0.15, 0.2) is 0 Å². The van der Waals surface area contributed by atoms with Gasteiger partial charge in [0.25, 0.3) is 0 Å². The number of rotatable bonds is 2. The minimum Gasteiger partial charge on any atom is -0.396 e. The molecule has 4 heteroatoms. The highest BCUT2D eigenvalue weighted by atomic mass is 35.5. The molecule has 0 aromatic carbocycles. The van der Waals surface area contributed by atoms with Gasteiger partial charge in [-0.2, -0.15) is 0 Å². The van der Waals surface area contributed by atoms with Crippen LogP contribution in [0, 0.1) is 0 Å². The van der Waals surface area contributed by atoms with Crippen molar-refractivity contribution >= 4 is 12.4 Å². The summed E-state index contributed by atoms with van der Waals surface area (Å²) in [5.74, 6) is 0. The maximum Gasteiger partial charge on any atom is 0.110 e. The van der Waals surface area contributed by atoms with Crippen molar-refractivity contribution in [2.45, 2.75) is 25.6 Å². The van der Waals surface area contributed by atoms with Crippen LogP contribution in [0.4, 0.5) is 0 Å².